The summed E-state index contributed by atoms with van der Waals surface area (Å²) in [6.07, 6.45) is 4.10. The van der Waals surface area contributed by atoms with Crippen molar-refractivity contribution < 1.29 is 9.53 Å². The van der Waals surface area contributed by atoms with Crippen LogP contribution in [0.25, 0.3) is 0 Å². The molecule has 0 radical (unpaired) electrons. The zero-order valence-corrected chi connectivity index (χ0v) is 9.55. The average Bonchev–Trinajstić information content (AvgIpc) is 3.10. The van der Waals surface area contributed by atoms with Gasteiger partial charge in [-0.25, -0.2) is 0 Å². The Morgan fingerprint density at radius 1 is 1.47 bits per heavy atom. The van der Waals surface area contributed by atoms with Crippen LogP contribution in [-0.4, -0.2) is 18.6 Å². The Morgan fingerprint density at radius 2 is 2.20 bits per heavy atom. The summed E-state index contributed by atoms with van der Waals surface area (Å²) < 4.78 is 5.52. The first-order valence-corrected chi connectivity index (χ1v) is 6.32. The lowest BCUT2D eigenvalue weighted by Crippen LogP contribution is -2.13. The van der Waals surface area contributed by atoms with Gasteiger partial charge in [-0.15, -0.1) is 11.8 Å². The molecular weight excluding hydrogens is 208 g/mol. The van der Waals surface area contributed by atoms with E-state index < -0.39 is 0 Å². The van der Waals surface area contributed by atoms with Crippen molar-refractivity contribution in [3.63, 3.8) is 0 Å². The van der Waals surface area contributed by atoms with Crippen LogP contribution in [0.3, 0.4) is 0 Å². The van der Waals surface area contributed by atoms with Gasteiger partial charge >= 0.3 is 0 Å². The quantitative estimate of drug-likeness (QED) is 0.717. The van der Waals surface area contributed by atoms with E-state index in [0.717, 1.165) is 23.5 Å². The van der Waals surface area contributed by atoms with E-state index >= 15 is 0 Å². The fourth-order valence-corrected chi connectivity index (χ4v) is 1.95. The van der Waals surface area contributed by atoms with E-state index in [1.165, 1.54) is 0 Å². The van der Waals surface area contributed by atoms with E-state index in [-0.39, 0.29) is 18.3 Å². The van der Waals surface area contributed by atoms with Gasteiger partial charge in [-0.05, 0) is 31.2 Å². The SMILES string of the molecule is CSc1ccccc1OCC(=O)C1CC1. The monoisotopic (exact) mass is 222 g/mol. The highest BCUT2D eigenvalue weighted by atomic mass is 32.2. The molecule has 0 aromatic heterocycles. The van der Waals surface area contributed by atoms with Crippen molar-refractivity contribution in [2.45, 2.75) is 17.7 Å². The second-order valence-electron chi connectivity index (χ2n) is 3.68. The van der Waals surface area contributed by atoms with Crippen LogP contribution in [0, 0.1) is 5.92 Å². The molecule has 1 aliphatic rings. The van der Waals surface area contributed by atoms with Crippen molar-refractivity contribution in [1.82, 2.24) is 0 Å². The highest BCUT2D eigenvalue weighted by Crippen LogP contribution is 2.31. The number of thioether (sulfide) groups is 1. The number of rotatable bonds is 5. The van der Waals surface area contributed by atoms with E-state index in [4.69, 9.17) is 4.74 Å². The van der Waals surface area contributed by atoms with E-state index in [0.29, 0.717) is 0 Å². The fraction of sp³-hybridized carbons (Fsp3) is 0.417. The summed E-state index contributed by atoms with van der Waals surface area (Å²) in [4.78, 5) is 12.5. The van der Waals surface area contributed by atoms with Crippen molar-refractivity contribution in [3.8, 4) is 5.75 Å². The molecule has 15 heavy (non-hydrogen) atoms. The first-order valence-electron chi connectivity index (χ1n) is 5.10. The van der Waals surface area contributed by atoms with Gasteiger partial charge in [0.2, 0.25) is 0 Å². The van der Waals surface area contributed by atoms with Gasteiger partial charge in [0.15, 0.2) is 5.78 Å². The molecule has 0 spiro atoms. The number of carbonyl (C=O) groups is 1. The minimum atomic E-state index is 0.224. The molecule has 0 atom stereocenters. The summed E-state index contributed by atoms with van der Waals surface area (Å²) in [6, 6.07) is 7.81. The van der Waals surface area contributed by atoms with Gasteiger partial charge in [-0.3, -0.25) is 4.79 Å². The molecule has 0 N–H and O–H groups in total. The molecular formula is C12H14O2S. The lowest BCUT2D eigenvalue weighted by Gasteiger charge is -2.08. The summed E-state index contributed by atoms with van der Waals surface area (Å²) in [5.74, 6) is 1.34. The highest BCUT2D eigenvalue weighted by molar-refractivity contribution is 7.98. The summed E-state index contributed by atoms with van der Waals surface area (Å²) in [6.45, 7) is 0.224. The number of carbonyl (C=O) groups excluding carboxylic acids is 1. The second kappa shape index (κ2) is 4.71. The molecule has 0 unspecified atom stereocenters. The molecule has 2 rings (SSSR count). The van der Waals surface area contributed by atoms with Crippen molar-refractivity contribution in [1.29, 1.82) is 0 Å². The van der Waals surface area contributed by atoms with Crippen LogP contribution in [0.15, 0.2) is 29.2 Å². The molecule has 0 aliphatic heterocycles. The minimum Gasteiger partial charge on any atom is -0.485 e. The van der Waals surface area contributed by atoms with Crippen molar-refractivity contribution in [2.24, 2.45) is 5.92 Å². The molecule has 1 aromatic rings. The molecule has 0 bridgehead atoms. The van der Waals surface area contributed by atoms with E-state index in [9.17, 15) is 4.79 Å². The van der Waals surface area contributed by atoms with Crippen LogP contribution in [0.4, 0.5) is 0 Å². The minimum absolute atomic E-state index is 0.224. The maximum atomic E-state index is 11.4. The number of para-hydroxylation sites is 1. The Bertz CT molecular complexity index is 358. The van der Waals surface area contributed by atoms with E-state index in [2.05, 4.69) is 0 Å². The summed E-state index contributed by atoms with van der Waals surface area (Å²) >= 11 is 1.63. The Hall–Kier alpha value is -0.960. The Kier molecular flexibility index (Phi) is 3.31. The van der Waals surface area contributed by atoms with Gasteiger partial charge in [0.25, 0.3) is 0 Å². The van der Waals surface area contributed by atoms with Crippen LogP contribution in [0.1, 0.15) is 12.8 Å². The number of benzene rings is 1. The first-order chi connectivity index (χ1) is 7.31. The largest absolute Gasteiger partial charge is 0.485 e. The third kappa shape index (κ3) is 2.75. The van der Waals surface area contributed by atoms with Gasteiger partial charge in [0, 0.05) is 10.8 Å². The smallest absolute Gasteiger partial charge is 0.173 e. The molecule has 1 fully saturated rings. The predicted molar refractivity (Wildman–Crippen MR) is 61.4 cm³/mol. The van der Waals surface area contributed by atoms with Gasteiger partial charge in [0.05, 0.1) is 0 Å². The molecule has 3 heteroatoms. The maximum Gasteiger partial charge on any atom is 0.173 e. The first kappa shape index (κ1) is 10.6. The molecule has 1 saturated carbocycles. The standard InChI is InChI=1S/C12H14O2S/c1-15-12-5-3-2-4-11(12)14-8-10(13)9-6-7-9/h2-5,9H,6-8H2,1H3. The van der Waals surface area contributed by atoms with Crippen molar-refractivity contribution in [3.05, 3.63) is 24.3 Å². The van der Waals surface area contributed by atoms with Gasteiger partial charge in [0.1, 0.15) is 12.4 Å². The molecule has 0 heterocycles. The Balaban J connectivity index is 1.94. The third-order valence-corrected chi connectivity index (χ3v) is 3.25. The fourth-order valence-electron chi connectivity index (χ4n) is 1.41. The zero-order valence-electron chi connectivity index (χ0n) is 8.73. The number of ether oxygens (including phenoxy) is 1. The summed E-state index contributed by atoms with van der Waals surface area (Å²) in [7, 11) is 0. The summed E-state index contributed by atoms with van der Waals surface area (Å²) in [5.41, 5.74) is 0. The number of ketones is 1. The molecule has 0 amide bonds. The van der Waals surface area contributed by atoms with E-state index in [1.54, 1.807) is 11.8 Å². The van der Waals surface area contributed by atoms with Crippen molar-refractivity contribution in [2.75, 3.05) is 12.9 Å². The van der Waals surface area contributed by atoms with Crippen molar-refractivity contribution >= 4 is 17.5 Å². The normalized spacial score (nSPS) is 15.0. The zero-order chi connectivity index (χ0) is 10.7. The maximum absolute atomic E-state index is 11.4. The van der Waals surface area contributed by atoms with Gasteiger partial charge in [-0.2, -0.15) is 0 Å². The molecule has 1 aliphatic carbocycles. The lowest BCUT2D eigenvalue weighted by molar-refractivity contribution is -0.122. The van der Waals surface area contributed by atoms with Crippen LogP contribution in [-0.2, 0) is 4.79 Å². The van der Waals surface area contributed by atoms with Crippen LogP contribution < -0.4 is 4.74 Å². The Labute approximate surface area is 94.0 Å². The van der Waals surface area contributed by atoms with Crippen LogP contribution in [0.5, 0.6) is 5.75 Å². The summed E-state index contributed by atoms with van der Waals surface area (Å²) in [5, 5.41) is 0. The second-order valence-corrected chi connectivity index (χ2v) is 4.53. The average molecular weight is 222 g/mol. The van der Waals surface area contributed by atoms with Gasteiger partial charge in [-0.1, -0.05) is 12.1 Å². The number of hydrogen-bond acceptors (Lipinski definition) is 3. The highest BCUT2D eigenvalue weighted by Gasteiger charge is 2.29. The van der Waals surface area contributed by atoms with E-state index in [1.807, 2.05) is 30.5 Å². The van der Waals surface area contributed by atoms with Crippen LogP contribution in [0.2, 0.25) is 0 Å². The van der Waals surface area contributed by atoms with Gasteiger partial charge < -0.3 is 4.74 Å². The predicted octanol–water partition coefficient (Wildman–Crippen LogP) is 2.77. The Morgan fingerprint density at radius 3 is 2.87 bits per heavy atom. The molecule has 80 valence electrons. The van der Waals surface area contributed by atoms with Crippen LogP contribution >= 0.6 is 11.8 Å². The molecule has 2 nitrogen and oxygen atoms in total. The topological polar surface area (TPSA) is 26.3 Å². The molecule has 0 saturated heterocycles. The molecule has 1 aromatic carbocycles. The number of hydrogen-bond donors (Lipinski definition) is 0. The lowest BCUT2D eigenvalue weighted by atomic mass is 10.3. The third-order valence-electron chi connectivity index (χ3n) is 2.47. The number of Topliss-reactive ketones (excluding diaryl/α,β-unsaturated/α-hetero) is 1.